The van der Waals surface area contributed by atoms with Crippen molar-refractivity contribution >= 4 is 41.6 Å². The van der Waals surface area contributed by atoms with Gasteiger partial charge in [-0.15, -0.1) is 0 Å². The predicted molar refractivity (Wildman–Crippen MR) is 81.5 cm³/mol. The zero-order chi connectivity index (χ0) is 14.9. The van der Waals surface area contributed by atoms with Gasteiger partial charge in [0.05, 0.1) is 4.90 Å². The maximum Gasteiger partial charge on any atom is 0.261 e. The van der Waals surface area contributed by atoms with Crippen LogP contribution in [0, 0.1) is 5.92 Å². The van der Waals surface area contributed by atoms with Crippen molar-refractivity contribution in [1.29, 1.82) is 0 Å². The summed E-state index contributed by atoms with van der Waals surface area (Å²) in [7, 11) is 1.49. The van der Waals surface area contributed by atoms with E-state index in [4.69, 9.17) is 10.7 Å². The molecule has 0 unspecified atom stereocenters. The topological polar surface area (TPSA) is 54.5 Å². The molecule has 110 valence electrons. The number of rotatable bonds is 5. The van der Waals surface area contributed by atoms with Crippen molar-refractivity contribution in [3.63, 3.8) is 0 Å². The minimum atomic E-state index is -3.85. The molecule has 1 aliphatic rings. The Labute approximate surface area is 131 Å². The molecule has 0 radical (unpaired) electrons. The Morgan fingerprint density at radius 2 is 2.05 bits per heavy atom. The van der Waals surface area contributed by atoms with Gasteiger partial charge in [0, 0.05) is 33.8 Å². The zero-order valence-electron chi connectivity index (χ0n) is 11.0. The Balaban J connectivity index is 2.30. The molecule has 0 N–H and O–H groups in total. The van der Waals surface area contributed by atoms with Gasteiger partial charge in [0.1, 0.15) is 0 Å². The summed E-state index contributed by atoms with van der Waals surface area (Å²) in [5.41, 5.74) is 0.334. The molecule has 2 rings (SSSR count). The lowest BCUT2D eigenvalue weighted by molar-refractivity contribution is 0.0756. The minimum Gasteiger partial charge on any atom is -0.339 e. The first kappa shape index (κ1) is 15.8. The molecule has 0 spiro atoms. The van der Waals surface area contributed by atoms with Crippen LogP contribution in [0.4, 0.5) is 0 Å². The summed E-state index contributed by atoms with van der Waals surface area (Å²) in [6.45, 7) is 3.24. The summed E-state index contributed by atoms with van der Waals surface area (Å²) in [6.07, 6.45) is 2.31. The first-order valence-electron chi connectivity index (χ1n) is 6.35. The molecule has 0 heterocycles. The second-order valence-corrected chi connectivity index (χ2v) is 8.38. The molecule has 20 heavy (non-hydrogen) atoms. The summed E-state index contributed by atoms with van der Waals surface area (Å²) in [5, 5.41) is 0. The molecular formula is C13H15BrClNO3S. The smallest absolute Gasteiger partial charge is 0.261 e. The molecule has 1 amide bonds. The van der Waals surface area contributed by atoms with Crippen LogP contribution in [-0.4, -0.2) is 32.3 Å². The summed E-state index contributed by atoms with van der Waals surface area (Å²) >= 11 is 3.21. The Morgan fingerprint density at radius 3 is 2.55 bits per heavy atom. The van der Waals surface area contributed by atoms with Gasteiger partial charge < -0.3 is 4.90 Å². The quantitative estimate of drug-likeness (QED) is 0.737. The maximum absolute atomic E-state index is 12.4. The number of carbonyl (C=O) groups excluding carboxylic acids is 1. The van der Waals surface area contributed by atoms with Gasteiger partial charge in [0.2, 0.25) is 0 Å². The van der Waals surface area contributed by atoms with Crippen LogP contribution in [-0.2, 0) is 9.05 Å². The van der Waals surface area contributed by atoms with Crippen molar-refractivity contribution in [3.05, 3.63) is 28.2 Å². The molecule has 0 saturated heterocycles. The minimum absolute atomic E-state index is 0.0700. The van der Waals surface area contributed by atoms with Crippen LogP contribution in [0.3, 0.4) is 0 Å². The van der Waals surface area contributed by atoms with E-state index >= 15 is 0 Å². The number of hydrogen-bond donors (Lipinski definition) is 0. The van der Waals surface area contributed by atoms with E-state index in [0.717, 1.165) is 19.4 Å². The van der Waals surface area contributed by atoms with E-state index in [1.807, 2.05) is 6.92 Å². The number of halogens is 2. The van der Waals surface area contributed by atoms with Gasteiger partial charge in [-0.05, 0) is 43.9 Å². The molecule has 1 aromatic rings. The van der Waals surface area contributed by atoms with Crippen LogP contribution in [0.15, 0.2) is 27.6 Å². The van der Waals surface area contributed by atoms with Crippen LogP contribution in [0.2, 0.25) is 0 Å². The van der Waals surface area contributed by atoms with Crippen LogP contribution in [0.5, 0.6) is 0 Å². The molecule has 1 fully saturated rings. The largest absolute Gasteiger partial charge is 0.339 e. The zero-order valence-corrected chi connectivity index (χ0v) is 14.1. The third-order valence-corrected chi connectivity index (χ3v) is 5.04. The predicted octanol–water partition coefficient (Wildman–Crippen LogP) is 3.25. The molecular weight excluding hydrogens is 366 g/mol. The fourth-order valence-corrected chi connectivity index (χ4v) is 3.42. The van der Waals surface area contributed by atoms with Gasteiger partial charge >= 0.3 is 0 Å². The first-order valence-corrected chi connectivity index (χ1v) is 9.46. The number of nitrogens with zero attached hydrogens (tertiary/aromatic N) is 1. The lowest BCUT2D eigenvalue weighted by Gasteiger charge is -2.21. The molecule has 4 nitrogen and oxygen atoms in total. The van der Waals surface area contributed by atoms with Gasteiger partial charge in [-0.1, -0.05) is 15.9 Å². The summed E-state index contributed by atoms with van der Waals surface area (Å²) in [5.74, 6) is 0.421. The van der Waals surface area contributed by atoms with E-state index in [-0.39, 0.29) is 10.8 Å². The Bertz CT molecular complexity index is 629. The van der Waals surface area contributed by atoms with Crippen molar-refractivity contribution in [2.24, 2.45) is 5.92 Å². The molecule has 0 atom stereocenters. The summed E-state index contributed by atoms with van der Waals surface area (Å²) < 4.78 is 23.3. The number of carbonyl (C=O) groups is 1. The van der Waals surface area contributed by atoms with Gasteiger partial charge in [-0.3, -0.25) is 4.79 Å². The highest BCUT2D eigenvalue weighted by Crippen LogP contribution is 2.30. The second kappa shape index (κ2) is 6.03. The molecule has 0 aromatic heterocycles. The normalized spacial score (nSPS) is 15.2. The maximum atomic E-state index is 12.4. The average Bonchev–Trinajstić information content (AvgIpc) is 3.17. The van der Waals surface area contributed by atoms with Gasteiger partial charge in [-0.2, -0.15) is 0 Å². The third kappa shape index (κ3) is 3.96. The molecule has 7 heteroatoms. The fourth-order valence-electron chi connectivity index (χ4n) is 1.98. The lowest BCUT2D eigenvalue weighted by Crippen LogP contribution is -2.32. The average molecular weight is 381 g/mol. The second-order valence-electron chi connectivity index (χ2n) is 4.90. The molecule has 0 bridgehead atoms. The van der Waals surface area contributed by atoms with E-state index in [2.05, 4.69) is 15.9 Å². The first-order chi connectivity index (χ1) is 9.31. The Morgan fingerprint density at radius 1 is 1.40 bits per heavy atom. The van der Waals surface area contributed by atoms with E-state index in [1.54, 1.807) is 11.0 Å². The van der Waals surface area contributed by atoms with Crippen LogP contribution < -0.4 is 0 Å². The third-order valence-electron chi connectivity index (χ3n) is 3.24. The van der Waals surface area contributed by atoms with Crippen molar-refractivity contribution in [2.45, 2.75) is 24.7 Å². The van der Waals surface area contributed by atoms with Crippen LogP contribution >= 0.6 is 26.6 Å². The number of hydrogen-bond acceptors (Lipinski definition) is 3. The van der Waals surface area contributed by atoms with Crippen LogP contribution in [0.1, 0.15) is 30.1 Å². The number of amides is 1. The summed E-state index contributed by atoms with van der Waals surface area (Å²) in [4.78, 5) is 14.1. The lowest BCUT2D eigenvalue weighted by atomic mass is 10.2. The SMILES string of the molecule is CCN(CC1CC1)C(=O)c1cc(Br)cc(S(=O)(=O)Cl)c1. The summed E-state index contributed by atoms with van der Waals surface area (Å²) in [6, 6.07) is 4.32. The fraction of sp³-hybridized carbons (Fsp3) is 0.462. The van der Waals surface area contributed by atoms with Gasteiger partial charge in [0.15, 0.2) is 0 Å². The highest BCUT2D eigenvalue weighted by atomic mass is 79.9. The van der Waals surface area contributed by atoms with Crippen LogP contribution in [0.25, 0.3) is 0 Å². The Kier molecular flexibility index (Phi) is 4.76. The Hall–Kier alpha value is -0.590. The van der Waals surface area contributed by atoms with Crippen molar-refractivity contribution in [1.82, 2.24) is 4.90 Å². The van der Waals surface area contributed by atoms with E-state index in [0.29, 0.717) is 22.5 Å². The highest BCUT2D eigenvalue weighted by Gasteiger charge is 2.27. The number of benzene rings is 1. The van der Waals surface area contributed by atoms with Crippen molar-refractivity contribution in [2.75, 3.05) is 13.1 Å². The molecule has 0 aliphatic heterocycles. The standard InChI is InChI=1S/C13H15BrClNO3S/c1-2-16(8-9-3-4-9)13(17)10-5-11(14)7-12(6-10)20(15,18)19/h5-7,9H,2-4,8H2,1H3. The highest BCUT2D eigenvalue weighted by molar-refractivity contribution is 9.10. The van der Waals surface area contributed by atoms with E-state index in [9.17, 15) is 13.2 Å². The van der Waals surface area contributed by atoms with E-state index < -0.39 is 9.05 Å². The molecule has 1 aromatic carbocycles. The molecule has 1 saturated carbocycles. The monoisotopic (exact) mass is 379 g/mol. The molecule has 1 aliphatic carbocycles. The van der Waals surface area contributed by atoms with Crippen molar-refractivity contribution in [3.8, 4) is 0 Å². The van der Waals surface area contributed by atoms with Gasteiger partial charge in [0.25, 0.3) is 15.0 Å². The van der Waals surface area contributed by atoms with Crippen molar-refractivity contribution < 1.29 is 13.2 Å². The van der Waals surface area contributed by atoms with Gasteiger partial charge in [-0.25, -0.2) is 8.42 Å². The van der Waals surface area contributed by atoms with E-state index in [1.165, 1.54) is 12.1 Å².